The molecule has 0 atom stereocenters. The molecule has 0 saturated heterocycles. The Labute approximate surface area is 168 Å². The number of aromatic nitrogens is 1. The number of hydrogen-bond donors (Lipinski definition) is 1. The molecule has 4 nitrogen and oxygen atoms in total. The van der Waals surface area contributed by atoms with Crippen LogP contribution in [0, 0.1) is 0 Å². The lowest BCUT2D eigenvalue weighted by molar-refractivity contribution is 1.02. The van der Waals surface area contributed by atoms with Crippen LogP contribution in [0.4, 0.5) is 5.69 Å². The summed E-state index contributed by atoms with van der Waals surface area (Å²) >= 11 is 6.19. The molecule has 0 aliphatic carbocycles. The highest BCUT2D eigenvalue weighted by Gasteiger charge is 2.06. The Morgan fingerprint density at radius 2 is 1.57 bits per heavy atom. The Morgan fingerprint density at radius 1 is 0.821 bits per heavy atom. The minimum atomic E-state index is 0.556. The van der Waals surface area contributed by atoms with E-state index in [1.54, 1.807) is 6.21 Å². The molecule has 1 heterocycles. The van der Waals surface area contributed by atoms with E-state index in [4.69, 9.17) is 16.6 Å². The number of rotatable bonds is 4. The molecule has 0 aliphatic rings. The van der Waals surface area contributed by atoms with Crippen LogP contribution in [0.15, 0.2) is 101 Å². The maximum absolute atomic E-state index is 6.19. The second-order valence-electron chi connectivity index (χ2n) is 6.08. The number of para-hydroxylation sites is 2. The van der Waals surface area contributed by atoms with Crippen molar-refractivity contribution in [3.05, 3.63) is 107 Å². The van der Waals surface area contributed by atoms with Gasteiger partial charge in [0.15, 0.2) is 5.84 Å². The van der Waals surface area contributed by atoms with Gasteiger partial charge in [0.05, 0.1) is 17.4 Å². The number of pyridine rings is 1. The number of fused-ring (bicyclic) bond motifs is 1. The van der Waals surface area contributed by atoms with Crippen molar-refractivity contribution >= 4 is 40.2 Å². The van der Waals surface area contributed by atoms with Gasteiger partial charge in [0.2, 0.25) is 0 Å². The van der Waals surface area contributed by atoms with Gasteiger partial charge in [-0.2, -0.15) is 5.10 Å². The molecule has 4 aromatic rings. The van der Waals surface area contributed by atoms with E-state index >= 15 is 0 Å². The number of hydrogen-bond acceptors (Lipinski definition) is 3. The van der Waals surface area contributed by atoms with Crippen molar-refractivity contribution in [2.24, 2.45) is 10.1 Å². The first-order valence-corrected chi connectivity index (χ1v) is 9.21. The van der Waals surface area contributed by atoms with Gasteiger partial charge in [-0.3, -0.25) is 5.43 Å². The molecule has 136 valence electrons. The molecule has 0 spiro atoms. The Bertz CT molecular complexity index is 1150. The molecule has 1 aromatic heterocycles. The van der Waals surface area contributed by atoms with Crippen molar-refractivity contribution in [2.45, 2.75) is 0 Å². The van der Waals surface area contributed by atoms with Gasteiger partial charge in [0.1, 0.15) is 5.69 Å². The number of benzene rings is 3. The SMILES string of the molecule is Clc1ccccc1/C=N/NC(=Nc1ccccc1)c1ccc2ccccc2n1. The minimum Gasteiger partial charge on any atom is -0.260 e. The predicted molar refractivity (Wildman–Crippen MR) is 117 cm³/mol. The fourth-order valence-electron chi connectivity index (χ4n) is 2.71. The van der Waals surface area contributed by atoms with Gasteiger partial charge in [0.25, 0.3) is 0 Å². The lowest BCUT2D eigenvalue weighted by Crippen LogP contribution is -2.20. The van der Waals surface area contributed by atoms with Gasteiger partial charge in [-0.1, -0.05) is 72.3 Å². The molecular formula is C23H17ClN4. The van der Waals surface area contributed by atoms with E-state index in [1.165, 1.54) is 0 Å². The molecule has 0 amide bonds. The summed E-state index contributed by atoms with van der Waals surface area (Å²) in [5, 5.41) is 6.04. The Kier molecular flexibility index (Phi) is 5.41. The molecule has 0 aliphatic heterocycles. The number of nitrogens with one attached hydrogen (secondary N) is 1. The Morgan fingerprint density at radius 3 is 2.43 bits per heavy atom. The minimum absolute atomic E-state index is 0.556. The third-order valence-electron chi connectivity index (χ3n) is 4.12. The van der Waals surface area contributed by atoms with Gasteiger partial charge in [-0.25, -0.2) is 9.98 Å². The molecule has 0 radical (unpaired) electrons. The molecule has 0 fully saturated rings. The molecule has 0 bridgehead atoms. The maximum Gasteiger partial charge on any atom is 0.173 e. The first kappa shape index (κ1) is 17.9. The molecule has 28 heavy (non-hydrogen) atoms. The van der Waals surface area contributed by atoms with Crippen molar-refractivity contribution in [3.8, 4) is 0 Å². The van der Waals surface area contributed by atoms with Crippen molar-refractivity contribution in [3.63, 3.8) is 0 Å². The lowest BCUT2D eigenvalue weighted by atomic mass is 10.2. The van der Waals surface area contributed by atoms with Crippen LogP contribution in [0.1, 0.15) is 11.3 Å². The van der Waals surface area contributed by atoms with E-state index in [0.29, 0.717) is 16.6 Å². The predicted octanol–water partition coefficient (Wildman–Crippen LogP) is 5.59. The monoisotopic (exact) mass is 384 g/mol. The molecule has 3 aromatic carbocycles. The summed E-state index contributed by atoms with van der Waals surface area (Å²) in [6.45, 7) is 0. The van der Waals surface area contributed by atoms with E-state index in [2.05, 4.69) is 15.5 Å². The maximum atomic E-state index is 6.19. The number of hydrazone groups is 1. The van der Waals surface area contributed by atoms with E-state index in [1.807, 2.05) is 91.0 Å². The second kappa shape index (κ2) is 8.46. The zero-order valence-electron chi connectivity index (χ0n) is 15.0. The molecule has 0 saturated carbocycles. The van der Waals surface area contributed by atoms with Gasteiger partial charge in [0, 0.05) is 16.0 Å². The highest BCUT2D eigenvalue weighted by Crippen LogP contribution is 2.16. The lowest BCUT2D eigenvalue weighted by Gasteiger charge is -2.07. The average Bonchev–Trinajstić information content (AvgIpc) is 2.75. The van der Waals surface area contributed by atoms with Crippen LogP contribution < -0.4 is 5.43 Å². The van der Waals surface area contributed by atoms with E-state index < -0.39 is 0 Å². The van der Waals surface area contributed by atoms with E-state index in [-0.39, 0.29) is 0 Å². The zero-order chi connectivity index (χ0) is 19.2. The van der Waals surface area contributed by atoms with E-state index in [9.17, 15) is 0 Å². The smallest absolute Gasteiger partial charge is 0.173 e. The van der Waals surface area contributed by atoms with Crippen LogP contribution >= 0.6 is 11.6 Å². The summed E-state index contributed by atoms with van der Waals surface area (Å²) in [7, 11) is 0. The van der Waals surface area contributed by atoms with Crippen molar-refractivity contribution in [1.29, 1.82) is 0 Å². The fourth-order valence-corrected chi connectivity index (χ4v) is 2.90. The van der Waals surface area contributed by atoms with Crippen LogP contribution in [0.25, 0.3) is 10.9 Å². The first-order chi connectivity index (χ1) is 13.8. The van der Waals surface area contributed by atoms with Gasteiger partial charge >= 0.3 is 0 Å². The summed E-state index contributed by atoms with van der Waals surface area (Å²) in [5.41, 5.74) is 6.27. The molecule has 1 N–H and O–H groups in total. The van der Waals surface area contributed by atoms with Gasteiger partial charge in [-0.15, -0.1) is 0 Å². The van der Waals surface area contributed by atoms with Crippen LogP contribution in [-0.4, -0.2) is 17.0 Å². The molecular weight excluding hydrogens is 368 g/mol. The summed E-state index contributed by atoms with van der Waals surface area (Å²) in [6.07, 6.45) is 1.67. The number of amidine groups is 1. The van der Waals surface area contributed by atoms with Gasteiger partial charge < -0.3 is 0 Å². The van der Waals surface area contributed by atoms with Crippen LogP contribution in [0.2, 0.25) is 5.02 Å². The summed E-state index contributed by atoms with van der Waals surface area (Å²) in [5.74, 6) is 0.556. The average molecular weight is 385 g/mol. The third kappa shape index (κ3) is 4.24. The Hall–Kier alpha value is -3.50. The van der Waals surface area contributed by atoms with Crippen LogP contribution in [0.3, 0.4) is 0 Å². The first-order valence-electron chi connectivity index (χ1n) is 8.83. The van der Waals surface area contributed by atoms with Crippen molar-refractivity contribution in [2.75, 3.05) is 0 Å². The molecule has 4 rings (SSSR count). The van der Waals surface area contributed by atoms with Crippen molar-refractivity contribution in [1.82, 2.24) is 10.4 Å². The fraction of sp³-hybridized carbons (Fsp3) is 0. The largest absolute Gasteiger partial charge is 0.260 e. The Balaban J connectivity index is 1.69. The summed E-state index contributed by atoms with van der Waals surface area (Å²) < 4.78 is 0. The quantitative estimate of drug-likeness (QED) is 0.283. The highest BCUT2D eigenvalue weighted by molar-refractivity contribution is 6.33. The zero-order valence-corrected chi connectivity index (χ0v) is 15.7. The highest BCUT2D eigenvalue weighted by atomic mass is 35.5. The number of halogens is 1. The normalized spacial score (nSPS) is 11.8. The third-order valence-corrected chi connectivity index (χ3v) is 4.46. The van der Waals surface area contributed by atoms with E-state index in [0.717, 1.165) is 22.2 Å². The summed E-state index contributed by atoms with van der Waals surface area (Å²) in [6, 6.07) is 29.2. The molecule has 5 heteroatoms. The standard InChI is InChI=1S/C23H17ClN4/c24-20-12-6-4-9-18(20)16-25-28-23(26-19-10-2-1-3-11-19)22-15-14-17-8-5-7-13-21(17)27-22/h1-16H,(H,26,28)/b25-16+. The van der Waals surface area contributed by atoms with Gasteiger partial charge in [-0.05, 0) is 30.3 Å². The van der Waals surface area contributed by atoms with Crippen LogP contribution in [0.5, 0.6) is 0 Å². The van der Waals surface area contributed by atoms with Crippen LogP contribution in [-0.2, 0) is 0 Å². The number of nitrogens with zero attached hydrogens (tertiary/aromatic N) is 3. The number of aliphatic imine (C=N–C) groups is 1. The second-order valence-corrected chi connectivity index (χ2v) is 6.48. The van der Waals surface area contributed by atoms with Crippen molar-refractivity contribution < 1.29 is 0 Å². The molecule has 0 unspecified atom stereocenters. The topological polar surface area (TPSA) is 49.6 Å². The summed E-state index contributed by atoms with van der Waals surface area (Å²) in [4.78, 5) is 9.41.